The minimum absolute atomic E-state index is 0.0761. The number of piperazine rings is 1. The summed E-state index contributed by atoms with van der Waals surface area (Å²) >= 11 is 0. The van der Waals surface area contributed by atoms with Crippen LogP contribution in [0.25, 0.3) is 0 Å². The summed E-state index contributed by atoms with van der Waals surface area (Å²) in [4.78, 5) is 34.1. The van der Waals surface area contributed by atoms with Gasteiger partial charge in [-0.1, -0.05) is 13.0 Å². The average Bonchev–Trinajstić information content (AvgIpc) is 3.17. The molecule has 2 aromatic rings. The van der Waals surface area contributed by atoms with E-state index in [0.717, 1.165) is 26.2 Å². The van der Waals surface area contributed by atoms with Crippen molar-refractivity contribution >= 4 is 17.6 Å². The van der Waals surface area contributed by atoms with Gasteiger partial charge in [0.25, 0.3) is 11.8 Å². The first kappa shape index (κ1) is 28.7. The summed E-state index contributed by atoms with van der Waals surface area (Å²) in [5.74, 6) is -7.37. The van der Waals surface area contributed by atoms with Gasteiger partial charge in [0.15, 0.2) is 17.2 Å². The van der Waals surface area contributed by atoms with Crippen LogP contribution in [-0.4, -0.2) is 84.8 Å². The Balaban J connectivity index is 1.65. The monoisotopic (exact) mass is 556 g/mol. The molecule has 0 saturated carbocycles. The number of methoxy groups -OCH3 is 1. The number of rotatable bonds is 5. The molecule has 1 aromatic heterocycles. The summed E-state index contributed by atoms with van der Waals surface area (Å²) in [7, 11) is 2.99. The zero-order valence-electron chi connectivity index (χ0n) is 21.8. The second kappa shape index (κ2) is 10.7. The third-order valence-electron chi connectivity index (χ3n) is 7.62. The van der Waals surface area contributed by atoms with Crippen LogP contribution in [-0.2, 0) is 9.53 Å². The van der Waals surface area contributed by atoms with Gasteiger partial charge < -0.3 is 24.6 Å². The summed E-state index contributed by atoms with van der Waals surface area (Å²) in [6.07, 6.45) is -5.37. The van der Waals surface area contributed by atoms with Crippen LogP contribution in [0.1, 0.15) is 35.7 Å². The zero-order valence-corrected chi connectivity index (χ0v) is 21.8. The van der Waals surface area contributed by atoms with Gasteiger partial charge in [-0.3, -0.25) is 9.59 Å². The van der Waals surface area contributed by atoms with Crippen molar-refractivity contribution in [3.05, 3.63) is 53.2 Å². The standard InChI is InChI=1S/C26H29F5N4O4/c1-14-19(16-5-6-17(27)20(28)21(16)38-4)22(39-25(14,2)26(29,30)31)23(36)33-18-13-15(7-8-32-18)24(37)35-11-9-34(3)10-12-35/h5-8,13-14,19,22H,9-12H2,1-4H3,(H,32,33,36)/t14-,19-,22+,25+/m0/s1. The van der Waals surface area contributed by atoms with Crippen LogP contribution in [0, 0.1) is 17.6 Å². The van der Waals surface area contributed by atoms with Gasteiger partial charge in [0.1, 0.15) is 11.9 Å². The van der Waals surface area contributed by atoms with E-state index in [2.05, 4.69) is 15.2 Å². The van der Waals surface area contributed by atoms with Gasteiger partial charge in [-0.05, 0) is 32.2 Å². The Morgan fingerprint density at radius 1 is 1.15 bits per heavy atom. The molecule has 3 heterocycles. The van der Waals surface area contributed by atoms with Crippen LogP contribution in [0.5, 0.6) is 5.75 Å². The lowest BCUT2D eigenvalue weighted by molar-refractivity contribution is -0.272. The summed E-state index contributed by atoms with van der Waals surface area (Å²) in [6, 6.07) is 4.64. The van der Waals surface area contributed by atoms with Gasteiger partial charge in [-0.2, -0.15) is 17.6 Å². The van der Waals surface area contributed by atoms with E-state index < -0.39 is 53.0 Å². The van der Waals surface area contributed by atoms with Crippen LogP contribution in [0.4, 0.5) is 27.8 Å². The molecule has 0 spiro atoms. The summed E-state index contributed by atoms with van der Waals surface area (Å²) in [6.45, 7) is 4.45. The Bertz CT molecular complexity index is 1250. The highest BCUT2D eigenvalue weighted by Crippen LogP contribution is 2.55. The molecule has 2 fully saturated rings. The van der Waals surface area contributed by atoms with E-state index in [0.29, 0.717) is 26.2 Å². The van der Waals surface area contributed by atoms with Crippen molar-refractivity contribution < 1.29 is 41.0 Å². The molecule has 4 atom stereocenters. The molecule has 1 N–H and O–H groups in total. The van der Waals surface area contributed by atoms with Crippen molar-refractivity contribution in [2.24, 2.45) is 5.92 Å². The summed E-state index contributed by atoms with van der Waals surface area (Å²) in [5.41, 5.74) is -2.70. The first-order chi connectivity index (χ1) is 18.3. The number of halogens is 5. The van der Waals surface area contributed by atoms with Crippen molar-refractivity contribution in [1.29, 1.82) is 0 Å². The maximum Gasteiger partial charge on any atom is 0.417 e. The highest BCUT2D eigenvalue weighted by atomic mass is 19.4. The zero-order chi connectivity index (χ0) is 28.7. The number of aromatic nitrogens is 1. The van der Waals surface area contributed by atoms with Crippen molar-refractivity contribution in [3.63, 3.8) is 0 Å². The van der Waals surface area contributed by atoms with E-state index in [1.807, 2.05) is 7.05 Å². The number of amides is 2. The number of nitrogens with zero attached hydrogens (tertiary/aromatic N) is 3. The maximum absolute atomic E-state index is 14.5. The number of pyridine rings is 1. The lowest BCUT2D eigenvalue weighted by atomic mass is 9.77. The van der Waals surface area contributed by atoms with Gasteiger partial charge in [-0.25, -0.2) is 9.37 Å². The van der Waals surface area contributed by atoms with Crippen molar-refractivity contribution in [3.8, 4) is 5.75 Å². The number of anilines is 1. The van der Waals surface area contributed by atoms with E-state index in [4.69, 9.17) is 9.47 Å². The minimum Gasteiger partial charge on any atom is -0.493 e. The molecular weight excluding hydrogens is 527 g/mol. The van der Waals surface area contributed by atoms with Crippen LogP contribution in [0.15, 0.2) is 30.5 Å². The average molecular weight is 557 g/mol. The molecule has 0 bridgehead atoms. The molecule has 1 aromatic carbocycles. The Morgan fingerprint density at radius 2 is 1.82 bits per heavy atom. The lowest BCUT2D eigenvalue weighted by Crippen LogP contribution is -2.47. The Hall–Kier alpha value is -3.32. The predicted octanol–water partition coefficient (Wildman–Crippen LogP) is 3.83. The van der Waals surface area contributed by atoms with E-state index in [-0.39, 0.29) is 22.9 Å². The van der Waals surface area contributed by atoms with Gasteiger partial charge in [-0.15, -0.1) is 0 Å². The van der Waals surface area contributed by atoms with Crippen LogP contribution >= 0.6 is 0 Å². The van der Waals surface area contributed by atoms with E-state index in [1.165, 1.54) is 25.3 Å². The number of likely N-dealkylation sites (N-methyl/N-ethyl adjacent to an activating group) is 1. The second-order valence-corrected chi connectivity index (χ2v) is 9.96. The smallest absolute Gasteiger partial charge is 0.417 e. The van der Waals surface area contributed by atoms with Crippen LogP contribution in [0.3, 0.4) is 0 Å². The number of nitrogens with one attached hydrogen (secondary N) is 1. The molecule has 0 aliphatic carbocycles. The number of alkyl halides is 3. The number of hydrogen-bond acceptors (Lipinski definition) is 6. The number of benzene rings is 1. The topological polar surface area (TPSA) is 84.0 Å². The van der Waals surface area contributed by atoms with Gasteiger partial charge in [0, 0.05) is 55.3 Å². The van der Waals surface area contributed by atoms with E-state index in [9.17, 15) is 31.5 Å². The summed E-state index contributed by atoms with van der Waals surface area (Å²) in [5, 5.41) is 2.43. The first-order valence-electron chi connectivity index (χ1n) is 12.3. The highest BCUT2D eigenvalue weighted by molar-refractivity contribution is 5.98. The van der Waals surface area contributed by atoms with E-state index in [1.54, 1.807) is 4.90 Å². The van der Waals surface area contributed by atoms with Crippen molar-refractivity contribution in [2.45, 2.75) is 37.6 Å². The number of carbonyl (C=O) groups excluding carboxylic acids is 2. The quantitative estimate of drug-likeness (QED) is 0.564. The first-order valence-corrected chi connectivity index (χ1v) is 12.3. The van der Waals surface area contributed by atoms with Crippen LogP contribution < -0.4 is 10.1 Å². The fraction of sp³-hybridized carbons (Fsp3) is 0.500. The lowest BCUT2D eigenvalue weighted by Gasteiger charge is -2.32. The highest BCUT2D eigenvalue weighted by Gasteiger charge is 2.66. The van der Waals surface area contributed by atoms with Gasteiger partial charge in [0.2, 0.25) is 5.82 Å². The minimum atomic E-state index is -4.89. The largest absolute Gasteiger partial charge is 0.493 e. The fourth-order valence-electron chi connectivity index (χ4n) is 5.06. The SMILES string of the molecule is COc1c([C@H]2[C@H](C(=O)Nc3cc(C(=O)N4CCN(C)CC4)ccn3)O[C@@](C)(C(F)(F)F)[C@H]2C)ccc(F)c1F. The predicted molar refractivity (Wildman–Crippen MR) is 130 cm³/mol. The molecule has 2 aliphatic heterocycles. The number of hydrogen-bond donors (Lipinski definition) is 1. The molecule has 2 amide bonds. The molecule has 13 heteroatoms. The molecule has 8 nitrogen and oxygen atoms in total. The molecule has 4 rings (SSSR count). The molecule has 0 unspecified atom stereocenters. The molecule has 0 radical (unpaired) electrons. The third kappa shape index (κ3) is 5.29. The fourth-order valence-corrected chi connectivity index (χ4v) is 5.06. The molecule has 2 aliphatic rings. The Labute approximate surface area is 222 Å². The van der Waals surface area contributed by atoms with Crippen LogP contribution in [0.2, 0.25) is 0 Å². The normalized spacial score (nSPS) is 26.0. The van der Waals surface area contributed by atoms with Crippen molar-refractivity contribution in [1.82, 2.24) is 14.8 Å². The molecule has 212 valence electrons. The Morgan fingerprint density at radius 3 is 2.44 bits per heavy atom. The molecule has 2 saturated heterocycles. The van der Waals surface area contributed by atoms with Gasteiger partial charge >= 0.3 is 6.18 Å². The maximum atomic E-state index is 14.5. The second-order valence-electron chi connectivity index (χ2n) is 9.96. The molecular formula is C26H29F5N4O4. The Kier molecular flexibility index (Phi) is 7.86. The molecule has 39 heavy (non-hydrogen) atoms. The third-order valence-corrected chi connectivity index (χ3v) is 7.62. The summed E-state index contributed by atoms with van der Waals surface area (Å²) < 4.78 is 81.2. The number of carbonyl (C=O) groups is 2. The van der Waals surface area contributed by atoms with Crippen molar-refractivity contribution in [2.75, 3.05) is 45.7 Å². The number of ether oxygens (including phenoxy) is 2. The van der Waals surface area contributed by atoms with Gasteiger partial charge in [0.05, 0.1) is 7.11 Å². The van der Waals surface area contributed by atoms with E-state index >= 15 is 0 Å².